The van der Waals surface area contributed by atoms with E-state index in [9.17, 15) is 9.59 Å². The molecule has 0 aliphatic carbocycles. The zero-order valence-electron chi connectivity index (χ0n) is 22.7. The van der Waals surface area contributed by atoms with E-state index in [1.54, 1.807) is 48.8 Å². The van der Waals surface area contributed by atoms with Crippen LogP contribution in [0.2, 0.25) is 15.1 Å². The van der Waals surface area contributed by atoms with E-state index in [0.29, 0.717) is 51.5 Å². The van der Waals surface area contributed by atoms with Crippen LogP contribution in [0.15, 0.2) is 80.1 Å². The van der Waals surface area contributed by atoms with E-state index in [1.807, 2.05) is 37.3 Å². The number of carbonyl (C=O) groups excluding carboxylic acids is 1. The summed E-state index contributed by atoms with van der Waals surface area (Å²) < 4.78 is 14.1. The lowest BCUT2D eigenvalue weighted by Gasteiger charge is -2.24. The Morgan fingerprint density at radius 2 is 1.81 bits per heavy atom. The molecule has 0 saturated carbocycles. The van der Waals surface area contributed by atoms with Gasteiger partial charge in [0.25, 0.3) is 5.56 Å². The number of carbonyl (C=O) groups is 1. The lowest BCUT2D eigenvalue weighted by molar-refractivity contribution is -0.139. The van der Waals surface area contributed by atoms with Gasteiger partial charge in [0, 0.05) is 10.6 Å². The number of hydrogen-bond donors (Lipinski definition) is 0. The number of aromatic nitrogens is 1. The third kappa shape index (κ3) is 6.24. The van der Waals surface area contributed by atoms with Crippen LogP contribution in [0.5, 0.6) is 5.75 Å². The van der Waals surface area contributed by atoms with Crippen molar-refractivity contribution in [3.05, 3.63) is 127 Å². The van der Waals surface area contributed by atoms with Gasteiger partial charge in [0.15, 0.2) is 4.80 Å². The molecule has 5 rings (SSSR count). The number of aryl methyl sites for hydroxylation is 1. The molecule has 1 aromatic heterocycles. The Kier molecular flexibility index (Phi) is 9.30. The average Bonchev–Trinajstić information content (AvgIpc) is 3.24. The third-order valence-corrected chi connectivity index (χ3v) is 9.13. The molecule has 0 saturated heterocycles. The molecule has 0 spiro atoms. The number of esters is 1. The Balaban J connectivity index is 1.63. The number of fused-ring (bicyclic) bond motifs is 1. The summed E-state index contributed by atoms with van der Waals surface area (Å²) in [5.74, 6) is -0.00912. The van der Waals surface area contributed by atoms with E-state index in [-0.39, 0.29) is 18.8 Å². The van der Waals surface area contributed by atoms with Crippen molar-refractivity contribution in [3.8, 4) is 5.75 Å². The first-order valence-corrected chi connectivity index (χ1v) is 15.6. The van der Waals surface area contributed by atoms with Crippen LogP contribution in [0.1, 0.15) is 42.1 Å². The Hall–Kier alpha value is -2.88. The number of nitrogens with zero attached hydrogens (tertiary/aromatic N) is 2. The number of benzene rings is 3. The van der Waals surface area contributed by atoms with Crippen LogP contribution in [0.25, 0.3) is 6.08 Å². The predicted octanol–water partition coefficient (Wildman–Crippen LogP) is 7.41. The molecule has 4 aromatic rings. The molecular weight excluding hydrogens is 683 g/mol. The molecule has 6 nitrogen and oxygen atoms in total. The van der Waals surface area contributed by atoms with Gasteiger partial charge in [-0.15, -0.1) is 0 Å². The maximum absolute atomic E-state index is 14.0. The monoisotopic (exact) mass is 704 g/mol. The second-order valence-corrected chi connectivity index (χ2v) is 12.7. The summed E-state index contributed by atoms with van der Waals surface area (Å²) in [4.78, 5) is 32.3. The first-order valence-electron chi connectivity index (χ1n) is 12.9. The molecule has 0 unspecified atom stereocenters. The van der Waals surface area contributed by atoms with E-state index < -0.39 is 12.0 Å². The van der Waals surface area contributed by atoms with Gasteiger partial charge in [0.1, 0.15) is 12.4 Å². The van der Waals surface area contributed by atoms with Crippen LogP contribution in [-0.4, -0.2) is 17.1 Å². The lowest BCUT2D eigenvalue weighted by atomic mass is 9.95. The summed E-state index contributed by atoms with van der Waals surface area (Å²) in [6, 6.07) is 15.7. The van der Waals surface area contributed by atoms with Crippen molar-refractivity contribution in [1.29, 1.82) is 0 Å². The lowest BCUT2D eigenvalue weighted by Crippen LogP contribution is -2.39. The third-order valence-electron chi connectivity index (χ3n) is 6.60. The highest BCUT2D eigenvalue weighted by atomic mass is 79.9. The van der Waals surface area contributed by atoms with Crippen LogP contribution in [0.3, 0.4) is 0 Å². The van der Waals surface area contributed by atoms with E-state index >= 15 is 0 Å². The summed E-state index contributed by atoms with van der Waals surface area (Å²) in [6.45, 7) is 5.89. The number of thiazole rings is 1. The normalized spacial score (nSPS) is 14.9. The Labute approximate surface area is 269 Å². The van der Waals surface area contributed by atoms with E-state index in [0.717, 1.165) is 16.7 Å². The van der Waals surface area contributed by atoms with E-state index in [2.05, 4.69) is 20.9 Å². The SMILES string of the molecule is CCOC(=O)C1=C(C)N=c2s/c(=C\c3cc(Cl)cc(Br)c3OCc3ccc(Cl)c(Cl)c3)c(=O)n2[C@H]1c1ccc(C)cc1. The summed E-state index contributed by atoms with van der Waals surface area (Å²) in [7, 11) is 0. The minimum Gasteiger partial charge on any atom is -0.487 e. The minimum absolute atomic E-state index is 0.203. The molecule has 0 amide bonds. The maximum Gasteiger partial charge on any atom is 0.338 e. The summed E-state index contributed by atoms with van der Waals surface area (Å²) in [5, 5.41) is 1.34. The van der Waals surface area contributed by atoms with Crippen LogP contribution < -0.4 is 19.6 Å². The number of halogens is 4. The highest BCUT2D eigenvalue weighted by Crippen LogP contribution is 2.35. The van der Waals surface area contributed by atoms with Gasteiger partial charge in [0.05, 0.1) is 43.0 Å². The highest BCUT2D eigenvalue weighted by Gasteiger charge is 2.33. The van der Waals surface area contributed by atoms with Gasteiger partial charge in [-0.2, -0.15) is 0 Å². The molecule has 216 valence electrons. The zero-order valence-corrected chi connectivity index (χ0v) is 27.4. The van der Waals surface area contributed by atoms with Gasteiger partial charge in [-0.1, -0.05) is 82.0 Å². The average molecular weight is 707 g/mol. The number of allylic oxidation sites excluding steroid dienone is 1. The molecule has 0 radical (unpaired) electrons. The molecule has 2 heterocycles. The van der Waals surface area contributed by atoms with Gasteiger partial charge < -0.3 is 9.47 Å². The maximum atomic E-state index is 14.0. The van der Waals surface area contributed by atoms with Gasteiger partial charge in [-0.3, -0.25) is 9.36 Å². The van der Waals surface area contributed by atoms with Crippen LogP contribution in [0.4, 0.5) is 0 Å². The largest absolute Gasteiger partial charge is 0.487 e. The van der Waals surface area contributed by atoms with Crippen molar-refractivity contribution in [3.63, 3.8) is 0 Å². The minimum atomic E-state index is -0.695. The predicted molar refractivity (Wildman–Crippen MR) is 172 cm³/mol. The highest BCUT2D eigenvalue weighted by molar-refractivity contribution is 9.10. The van der Waals surface area contributed by atoms with Gasteiger partial charge in [-0.25, -0.2) is 9.79 Å². The first kappa shape index (κ1) is 30.6. The Bertz CT molecular complexity index is 1920. The summed E-state index contributed by atoms with van der Waals surface area (Å²) in [5.41, 5.74) is 3.78. The molecule has 0 bridgehead atoms. The molecule has 1 aliphatic heterocycles. The van der Waals surface area contributed by atoms with Gasteiger partial charge >= 0.3 is 5.97 Å². The molecule has 1 atom stereocenters. The van der Waals surface area contributed by atoms with Crippen LogP contribution in [-0.2, 0) is 16.1 Å². The fourth-order valence-corrected chi connectivity index (χ4v) is 6.93. The van der Waals surface area contributed by atoms with Gasteiger partial charge in [-0.05, 0) is 78.2 Å². The quantitative estimate of drug-likeness (QED) is 0.188. The van der Waals surface area contributed by atoms with Crippen LogP contribution >= 0.6 is 62.1 Å². The van der Waals surface area contributed by atoms with Crippen molar-refractivity contribution in [1.82, 2.24) is 4.57 Å². The molecule has 42 heavy (non-hydrogen) atoms. The van der Waals surface area contributed by atoms with E-state index in [4.69, 9.17) is 44.3 Å². The fourth-order valence-electron chi connectivity index (χ4n) is 4.62. The topological polar surface area (TPSA) is 69.9 Å². The zero-order chi connectivity index (χ0) is 30.1. The number of rotatable bonds is 7. The smallest absolute Gasteiger partial charge is 0.338 e. The molecule has 3 aromatic carbocycles. The van der Waals surface area contributed by atoms with E-state index in [1.165, 1.54) is 11.3 Å². The van der Waals surface area contributed by atoms with Crippen molar-refractivity contribution in [2.75, 3.05) is 6.61 Å². The summed E-state index contributed by atoms with van der Waals surface area (Å²) in [6.07, 6.45) is 1.72. The van der Waals surface area contributed by atoms with Crippen molar-refractivity contribution >= 4 is 74.1 Å². The van der Waals surface area contributed by atoms with Crippen molar-refractivity contribution in [2.45, 2.75) is 33.4 Å². The summed E-state index contributed by atoms with van der Waals surface area (Å²) >= 11 is 23.4. The Morgan fingerprint density at radius 1 is 1.07 bits per heavy atom. The molecule has 11 heteroatoms. The molecule has 0 N–H and O–H groups in total. The standard InChI is InChI=1S/C31H24BrCl3N2O4S/c1-4-40-30(39)26-17(3)36-31-37(27(26)19-8-5-16(2)6-9-19)29(38)25(42-31)13-20-12-21(33)14-22(32)28(20)41-15-18-7-10-23(34)24(35)11-18/h5-14,27H,4,15H2,1-3H3/b25-13-/t27-/m0/s1. The van der Waals surface area contributed by atoms with Crippen molar-refractivity contribution < 1.29 is 14.3 Å². The number of hydrogen-bond acceptors (Lipinski definition) is 6. The fraction of sp³-hybridized carbons (Fsp3) is 0.194. The van der Waals surface area contributed by atoms with Crippen molar-refractivity contribution in [2.24, 2.45) is 4.99 Å². The first-order chi connectivity index (χ1) is 20.1. The second-order valence-electron chi connectivity index (χ2n) is 9.56. The molecule has 1 aliphatic rings. The number of ether oxygens (including phenoxy) is 2. The second kappa shape index (κ2) is 12.8. The van der Waals surface area contributed by atoms with Crippen LogP contribution in [0, 0.1) is 6.92 Å². The molecule has 0 fully saturated rings. The molecular formula is C31H24BrCl3N2O4S. The Morgan fingerprint density at radius 3 is 2.50 bits per heavy atom. The van der Waals surface area contributed by atoms with Gasteiger partial charge in [0.2, 0.25) is 0 Å².